The minimum absolute atomic E-state index is 0.119. The van der Waals surface area contributed by atoms with Gasteiger partial charge in [0.1, 0.15) is 23.1 Å². The van der Waals surface area contributed by atoms with E-state index in [2.05, 4.69) is 15.9 Å². The molecule has 0 atom stereocenters. The zero-order valence-electron chi connectivity index (χ0n) is 10.8. The lowest BCUT2D eigenvalue weighted by Crippen LogP contribution is -2.00. The molecular formula is C15H11BrF2O2. The summed E-state index contributed by atoms with van der Waals surface area (Å²) in [7, 11) is 0. The third kappa shape index (κ3) is 3.22. The summed E-state index contributed by atoms with van der Waals surface area (Å²) >= 11 is 3.15. The van der Waals surface area contributed by atoms with E-state index in [0.717, 1.165) is 6.07 Å². The summed E-state index contributed by atoms with van der Waals surface area (Å²) in [5.74, 6) is -0.853. The third-order valence-electron chi connectivity index (χ3n) is 2.70. The molecule has 5 heteroatoms. The third-order valence-corrected chi connectivity index (χ3v) is 3.16. The molecule has 0 N–H and O–H groups in total. The Labute approximate surface area is 123 Å². The van der Waals surface area contributed by atoms with Crippen molar-refractivity contribution in [2.45, 2.75) is 13.8 Å². The number of carbonyl (C=O) groups excluding carboxylic acids is 1. The van der Waals surface area contributed by atoms with E-state index < -0.39 is 11.6 Å². The molecule has 2 aromatic rings. The van der Waals surface area contributed by atoms with Gasteiger partial charge in [-0.1, -0.05) is 15.9 Å². The smallest absolute Gasteiger partial charge is 0.163 e. The van der Waals surface area contributed by atoms with E-state index in [9.17, 15) is 13.6 Å². The van der Waals surface area contributed by atoms with Crippen LogP contribution in [-0.2, 0) is 0 Å². The summed E-state index contributed by atoms with van der Waals surface area (Å²) < 4.78 is 32.8. The van der Waals surface area contributed by atoms with Crippen LogP contribution in [-0.4, -0.2) is 5.78 Å². The Morgan fingerprint density at radius 2 is 1.85 bits per heavy atom. The van der Waals surface area contributed by atoms with Crippen LogP contribution >= 0.6 is 15.9 Å². The SMILES string of the molecule is CC(=O)c1cc(F)c(C)cc1Oc1cc(F)cc(Br)c1. The molecule has 2 aromatic carbocycles. The van der Waals surface area contributed by atoms with Gasteiger partial charge in [0.25, 0.3) is 0 Å². The molecule has 0 spiro atoms. The Bertz CT molecular complexity index is 664. The van der Waals surface area contributed by atoms with Gasteiger partial charge < -0.3 is 4.74 Å². The van der Waals surface area contributed by atoms with Crippen molar-refractivity contribution < 1.29 is 18.3 Å². The summed E-state index contributed by atoms with van der Waals surface area (Å²) in [4.78, 5) is 11.5. The van der Waals surface area contributed by atoms with Crippen LogP contribution in [0.5, 0.6) is 11.5 Å². The number of benzene rings is 2. The first kappa shape index (κ1) is 14.7. The average molecular weight is 341 g/mol. The van der Waals surface area contributed by atoms with E-state index in [1.165, 1.54) is 25.1 Å². The van der Waals surface area contributed by atoms with Crippen LogP contribution in [0.25, 0.3) is 0 Å². The number of Topliss-reactive ketones (excluding diaryl/α,β-unsaturated/α-hetero) is 1. The van der Waals surface area contributed by atoms with Gasteiger partial charge in [-0.2, -0.15) is 0 Å². The van der Waals surface area contributed by atoms with Crippen LogP contribution in [0.4, 0.5) is 8.78 Å². The minimum Gasteiger partial charge on any atom is -0.456 e. The number of aryl methyl sites for hydroxylation is 1. The van der Waals surface area contributed by atoms with Crippen LogP contribution in [0.2, 0.25) is 0 Å². The molecule has 0 radical (unpaired) electrons. The van der Waals surface area contributed by atoms with Gasteiger partial charge in [-0.05, 0) is 43.7 Å². The topological polar surface area (TPSA) is 26.3 Å². The second kappa shape index (κ2) is 5.71. The molecule has 20 heavy (non-hydrogen) atoms. The summed E-state index contributed by atoms with van der Waals surface area (Å²) in [6, 6.07) is 6.58. The molecular weight excluding hydrogens is 330 g/mol. The lowest BCUT2D eigenvalue weighted by Gasteiger charge is -2.11. The largest absolute Gasteiger partial charge is 0.456 e. The highest BCUT2D eigenvalue weighted by molar-refractivity contribution is 9.10. The predicted molar refractivity (Wildman–Crippen MR) is 75.3 cm³/mol. The first-order valence-electron chi connectivity index (χ1n) is 5.82. The average Bonchev–Trinajstić information content (AvgIpc) is 2.31. The van der Waals surface area contributed by atoms with Crippen molar-refractivity contribution >= 4 is 21.7 Å². The highest BCUT2D eigenvalue weighted by Gasteiger charge is 2.14. The molecule has 0 aliphatic carbocycles. The molecule has 0 saturated carbocycles. The standard InChI is InChI=1S/C15H11BrF2O2/c1-8-3-15(13(9(2)19)7-14(8)18)20-12-5-10(16)4-11(17)6-12/h3-7H,1-2H3. The number of rotatable bonds is 3. The van der Waals surface area contributed by atoms with E-state index in [1.807, 2.05) is 0 Å². The van der Waals surface area contributed by atoms with Crippen LogP contribution < -0.4 is 4.74 Å². The van der Waals surface area contributed by atoms with Crippen molar-refractivity contribution in [1.29, 1.82) is 0 Å². The maximum Gasteiger partial charge on any atom is 0.163 e. The first-order valence-corrected chi connectivity index (χ1v) is 6.61. The molecule has 0 aliphatic heterocycles. The Kier molecular flexibility index (Phi) is 4.18. The molecule has 0 aromatic heterocycles. The van der Waals surface area contributed by atoms with Crippen molar-refractivity contribution in [1.82, 2.24) is 0 Å². The van der Waals surface area contributed by atoms with Crippen molar-refractivity contribution in [2.24, 2.45) is 0 Å². The molecule has 2 rings (SSSR count). The zero-order valence-corrected chi connectivity index (χ0v) is 12.4. The summed E-state index contributed by atoms with van der Waals surface area (Å²) in [6.45, 7) is 2.88. The zero-order chi connectivity index (χ0) is 14.9. The summed E-state index contributed by atoms with van der Waals surface area (Å²) in [5.41, 5.74) is 0.467. The van der Waals surface area contributed by atoms with Gasteiger partial charge in [-0.25, -0.2) is 8.78 Å². The number of hydrogen-bond donors (Lipinski definition) is 0. The van der Waals surface area contributed by atoms with Crippen molar-refractivity contribution in [2.75, 3.05) is 0 Å². The van der Waals surface area contributed by atoms with Gasteiger partial charge >= 0.3 is 0 Å². The second-order valence-corrected chi connectivity index (χ2v) is 5.28. The van der Waals surface area contributed by atoms with Gasteiger partial charge in [-0.15, -0.1) is 0 Å². The maximum absolute atomic E-state index is 13.5. The monoisotopic (exact) mass is 340 g/mol. The van der Waals surface area contributed by atoms with Crippen molar-refractivity contribution in [3.05, 3.63) is 57.6 Å². The normalized spacial score (nSPS) is 10.4. The quantitative estimate of drug-likeness (QED) is 0.732. The molecule has 0 aliphatic rings. The number of ketones is 1. The van der Waals surface area contributed by atoms with Gasteiger partial charge in [0.2, 0.25) is 0 Å². The fraction of sp³-hybridized carbons (Fsp3) is 0.133. The molecule has 0 unspecified atom stereocenters. The van der Waals surface area contributed by atoms with E-state index >= 15 is 0 Å². The van der Waals surface area contributed by atoms with Gasteiger partial charge in [-0.3, -0.25) is 4.79 Å². The summed E-state index contributed by atoms with van der Waals surface area (Å²) in [6.07, 6.45) is 0. The number of hydrogen-bond acceptors (Lipinski definition) is 2. The maximum atomic E-state index is 13.5. The Hall–Kier alpha value is -1.75. The lowest BCUT2D eigenvalue weighted by molar-refractivity contribution is 0.101. The molecule has 0 heterocycles. The number of halogens is 3. The van der Waals surface area contributed by atoms with Gasteiger partial charge in [0.05, 0.1) is 5.56 Å². The van der Waals surface area contributed by atoms with Crippen molar-refractivity contribution in [3.8, 4) is 11.5 Å². The lowest BCUT2D eigenvalue weighted by atomic mass is 10.1. The fourth-order valence-electron chi connectivity index (χ4n) is 1.73. The van der Waals surface area contributed by atoms with E-state index in [0.29, 0.717) is 10.0 Å². The molecule has 104 valence electrons. The number of ether oxygens (including phenoxy) is 1. The van der Waals surface area contributed by atoms with Crippen LogP contribution in [0.15, 0.2) is 34.8 Å². The number of carbonyl (C=O) groups is 1. The molecule has 0 amide bonds. The van der Waals surface area contributed by atoms with Gasteiger partial charge in [0, 0.05) is 10.5 Å². The highest BCUT2D eigenvalue weighted by Crippen LogP contribution is 2.30. The van der Waals surface area contributed by atoms with Crippen LogP contribution in [0, 0.1) is 18.6 Å². The second-order valence-electron chi connectivity index (χ2n) is 4.36. The van der Waals surface area contributed by atoms with E-state index in [4.69, 9.17) is 4.74 Å². The molecule has 2 nitrogen and oxygen atoms in total. The Balaban J connectivity index is 2.47. The van der Waals surface area contributed by atoms with Crippen LogP contribution in [0.1, 0.15) is 22.8 Å². The molecule has 0 saturated heterocycles. The Morgan fingerprint density at radius 3 is 2.45 bits per heavy atom. The predicted octanol–water partition coefficient (Wildman–Crippen LogP) is 5.03. The molecule has 0 bridgehead atoms. The van der Waals surface area contributed by atoms with E-state index in [1.54, 1.807) is 13.0 Å². The van der Waals surface area contributed by atoms with Gasteiger partial charge in [0.15, 0.2) is 5.78 Å². The Morgan fingerprint density at radius 1 is 1.15 bits per heavy atom. The molecule has 0 fully saturated rings. The summed E-state index contributed by atoms with van der Waals surface area (Å²) in [5, 5.41) is 0. The van der Waals surface area contributed by atoms with Crippen LogP contribution in [0.3, 0.4) is 0 Å². The fourth-order valence-corrected chi connectivity index (χ4v) is 2.17. The van der Waals surface area contributed by atoms with Crippen molar-refractivity contribution in [3.63, 3.8) is 0 Å². The van der Waals surface area contributed by atoms with E-state index in [-0.39, 0.29) is 22.8 Å². The minimum atomic E-state index is -0.483. The first-order chi connectivity index (χ1) is 9.36. The highest BCUT2D eigenvalue weighted by atomic mass is 79.9.